The van der Waals surface area contributed by atoms with Crippen molar-refractivity contribution in [1.82, 2.24) is 35.0 Å². The molecule has 0 atom stereocenters. The number of rotatable bonds is 10. The molecule has 166 valence electrons. The minimum Gasteiger partial charge on any atom is -0.395 e. The van der Waals surface area contributed by atoms with Crippen LogP contribution in [-0.2, 0) is 6.54 Å². The van der Waals surface area contributed by atoms with Gasteiger partial charge in [-0.3, -0.25) is 9.30 Å². The van der Waals surface area contributed by atoms with Crippen molar-refractivity contribution >= 4 is 33.4 Å². The van der Waals surface area contributed by atoms with Crippen LogP contribution in [0.3, 0.4) is 0 Å². The minimum atomic E-state index is 0.164. The van der Waals surface area contributed by atoms with Gasteiger partial charge in [0.15, 0.2) is 11.5 Å². The molecule has 0 spiro atoms. The Labute approximate surface area is 186 Å². The average molecular weight is 443 g/mol. The maximum absolute atomic E-state index is 9.39. The predicted octanol–water partition coefficient (Wildman–Crippen LogP) is 1.65. The van der Waals surface area contributed by atoms with Crippen LogP contribution in [0, 0.1) is 6.92 Å². The molecule has 4 heterocycles. The van der Waals surface area contributed by atoms with Gasteiger partial charge in [-0.1, -0.05) is 0 Å². The Bertz CT molecular complexity index is 1060. The van der Waals surface area contributed by atoms with Gasteiger partial charge in [0.05, 0.1) is 29.2 Å². The van der Waals surface area contributed by atoms with E-state index in [1.165, 1.54) is 5.56 Å². The lowest BCUT2D eigenvalue weighted by Gasteiger charge is -2.22. The van der Waals surface area contributed by atoms with Gasteiger partial charge >= 0.3 is 0 Å². The molecular weight excluding hydrogens is 412 g/mol. The Hall–Kier alpha value is -2.50. The second-order valence-corrected chi connectivity index (χ2v) is 8.89. The van der Waals surface area contributed by atoms with E-state index >= 15 is 0 Å². The number of nitrogens with zero attached hydrogens (tertiary/aromatic N) is 5. The molecule has 4 N–H and O–H groups in total. The lowest BCUT2D eigenvalue weighted by atomic mass is 10.2. The first-order chi connectivity index (χ1) is 15.0. The summed E-state index contributed by atoms with van der Waals surface area (Å²) in [6, 6.07) is 2.16. The summed E-state index contributed by atoms with van der Waals surface area (Å²) in [4.78, 5) is 13.8. The van der Waals surface area contributed by atoms with Crippen LogP contribution < -0.4 is 16.2 Å². The average Bonchev–Trinajstić information content (AvgIpc) is 3.47. The smallest absolute Gasteiger partial charge is 0.180 e. The van der Waals surface area contributed by atoms with Crippen LogP contribution >= 0.6 is 11.3 Å². The van der Waals surface area contributed by atoms with E-state index < -0.39 is 0 Å². The standard InChI is InChI=1S/C21H30N8OS/c1-15-12-29-18(17-9-23-24-10-17)11-22-21(29)20(25-15)26-19-8-16(14-31-19)13-28(6-7-30)5-4-27(2)3/h8-9,11-12,14,23-24,30H,4-7,10,13H2,1-3H3,(H,25,26). The fourth-order valence-electron chi connectivity index (χ4n) is 3.58. The topological polar surface area (TPSA) is 93.0 Å². The molecule has 0 amide bonds. The summed E-state index contributed by atoms with van der Waals surface area (Å²) in [6.45, 7) is 6.27. The zero-order chi connectivity index (χ0) is 21.8. The van der Waals surface area contributed by atoms with Crippen LogP contribution in [0.5, 0.6) is 0 Å². The molecule has 9 nitrogen and oxygen atoms in total. The molecule has 0 radical (unpaired) electrons. The fraction of sp³-hybridized carbons (Fsp3) is 0.429. The number of aliphatic hydroxyl groups is 1. The highest BCUT2D eigenvalue weighted by atomic mass is 32.1. The fourth-order valence-corrected chi connectivity index (χ4v) is 4.38. The van der Waals surface area contributed by atoms with Crippen LogP contribution in [0.4, 0.5) is 10.8 Å². The zero-order valence-electron chi connectivity index (χ0n) is 18.2. The number of imidazole rings is 1. The highest BCUT2D eigenvalue weighted by molar-refractivity contribution is 7.14. The second kappa shape index (κ2) is 9.75. The van der Waals surface area contributed by atoms with Crippen molar-refractivity contribution in [2.45, 2.75) is 13.5 Å². The molecule has 3 aromatic rings. The summed E-state index contributed by atoms with van der Waals surface area (Å²) < 4.78 is 2.09. The third-order valence-corrected chi connectivity index (χ3v) is 6.04. The first-order valence-electron chi connectivity index (χ1n) is 10.4. The number of fused-ring (bicyclic) bond motifs is 1. The van der Waals surface area contributed by atoms with Crippen molar-refractivity contribution in [3.8, 4) is 0 Å². The Kier molecular flexibility index (Phi) is 6.83. The van der Waals surface area contributed by atoms with Gasteiger partial charge in [0.25, 0.3) is 0 Å². The monoisotopic (exact) mass is 442 g/mol. The molecule has 31 heavy (non-hydrogen) atoms. The van der Waals surface area contributed by atoms with Gasteiger partial charge in [0.2, 0.25) is 0 Å². The molecule has 4 rings (SSSR count). The zero-order valence-corrected chi connectivity index (χ0v) is 19.0. The van der Waals surface area contributed by atoms with E-state index in [-0.39, 0.29) is 6.61 Å². The summed E-state index contributed by atoms with van der Waals surface area (Å²) in [7, 11) is 4.13. The molecule has 0 fully saturated rings. The third-order valence-electron chi connectivity index (χ3n) is 5.15. The van der Waals surface area contributed by atoms with Crippen molar-refractivity contribution in [3.05, 3.63) is 47.0 Å². The molecule has 0 bridgehead atoms. The number of hydrazine groups is 1. The molecule has 0 aromatic carbocycles. The molecule has 0 saturated carbocycles. The predicted molar refractivity (Wildman–Crippen MR) is 125 cm³/mol. The van der Waals surface area contributed by atoms with E-state index in [0.717, 1.165) is 59.6 Å². The number of nitrogens with one attached hydrogen (secondary N) is 3. The molecule has 1 aliphatic heterocycles. The van der Waals surface area contributed by atoms with Crippen molar-refractivity contribution < 1.29 is 5.11 Å². The van der Waals surface area contributed by atoms with Gasteiger partial charge in [-0.25, -0.2) is 15.4 Å². The highest BCUT2D eigenvalue weighted by Crippen LogP contribution is 2.28. The number of hydrogen-bond donors (Lipinski definition) is 4. The van der Waals surface area contributed by atoms with E-state index in [4.69, 9.17) is 4.98 Å². The summed E-state index contributed by atoms with van der Waals surface area (Å²) in [5.74, 6) is 0.749. The molecule has 0 unspecified atom stereocenters. The van der Waals surface area contributed by atoms with Gasteiger partial charge < -0.3 is 20.7 Å². The second-order valence-electron chi connectivity index (χ2n) is 7.98. The number of anilines is 2. The summed E-state index contributed by atoms with van der Waals surface area (Å²) in [5, 5.41) is 16.0. The molecular formula is C21H30N8OS. The number of aromatic nitrogens is 3. The molecule has 1 aliphatic rings. The van der Waals surface area contributed by atoms with Gasteiger partial charge in [-0.05, 0) is 38.0 Å². The van der Waals surface area contributed by atoms with E-state index in [2.05, 4.69) is 60.9 Å². The Morgan fingerprint density at radius 1 is 1.29 bits per heavy atom. The van der Waals surface area contributed by atoms with Crippen LogP contribution in [-0.4, -0.2) is 76.2 Å². The van der Waals surface area contributed by atoms with Crippen LogP contribution in [0.15, 0.2) is 30.0 Å². The first kappa shape index (κ1) is 21.7. The molecule has 10 heteroatoms. The van der Waals surface area contributed by atoms with E-state index in [1.807, 2.05) is 25.5 Å². The first-order valence-corrected chi connectivity index (χ1v) is 11.3. The van der Waals surface area contributed by atoms with Gasteiger partial charge in [-0.15, -0.1) is 11.3 Å². The SMILES string of the molecule is Cc1cn2c(C3=CNNC3)cnc2c(Nc2cc(CN(CCO)CCN(C)C)cs2)n1. The summed E-state index contributed by atoms with van der Waals surface area (Å²) in [5.41, 5.74) is 11.3. The molecule has 0 saturated heterocycles. The van der Waals surface area contributed by atoms with Gasteiger partial charge in [0.1, 0.15) is 0 Å². The van der Waals surface area contributed by atoms with Crippen molar-refractivity contribution in [1.29, 1.82) is 0 Å². The van der Waals surface area contributed by atoms with Crippen molar-refractivity contribution in [3.63, 3.8) is 0 Å². The van der Waals surface area contributed by atoms with Gasteiger partial charge in [0, 0.05) is 50.7 Å². The number of aliphatic hydroxyl groups excluding tert-OH is 1. The van der Waals surface area contributed by atoms with E-state index in [1.54, 1.807) is 11.3 Å². The Balaban J connectivity index is 1.51. The quantitative estimate of drug-likeness (QED) is 0.377. The lowest BCUT2D eigenvalue weighted by Crippen LogP contribution is -2.33. The maximum Gasteiger partial charge on any atom is 0.180 e. The highest BCUT2D eigenvalue weighted by Gasteiger charge is 2.16. The largest absolute Gasteiger partial charge is 0.395 e. The van der Waals surface area contributed by atoms with E-state index in [0.29, 0.717) is 6.54 Å². The molecule has 3 aromatic heterocycles. The Morgan fingerprint density at radius 3 is 2.90 bits per heavy atom. The third kappa shape index (κ3) is 5.23. The normalized spacial score (nSPS) is 13.9. The van der Waals surface area contributed by atoms with Gasteiger partial charge in [-0.2, -0.15) is 0 Å². The lowest BCUT2D eigenvalue weighted by molar-refractivity contribution is 0.178. The minimum absolute atomic E-state index is 0.164. The van der Waals surface area contributed by atoms with E-state index in [9.17, 15) is 5.11 Å². The van der Waals surface area contributed by atoms with Crippen LogP contribution in [0.1, 0.15) is 17.0 Å². The summed E-state index contributed by atoms with van der Waals surface area (Å²) >= 11 is 1.66. The molecule has 0 aliphatic carbocycles. The van der Waals surface area contributed by atoms with Crippen LogP contribution in [0.2, 0.25) is 0 Å². The number of likely N-dealkylation sites (N-methyl/N-ethyl adjacent to an activating group) is 1. The maximum atomic E-state index is 9.39. The number of aryl methyl sites for hydroxylation is 1. The van der Waals surface area contributed by atoms with Crippen molar-refractivity contribution in [2.24, 2.45) is 0 Å². The number of hydrogen-bond acceptors (Lipinski definition) is 9. The summed E-state index contributed by atoms with van der Waals surface area (Å²) in [6.07, 6.45) is 5.87. The van der Waals surface area contributed by atoms with Crippen LogP contribution in [0.25, 0.3) is 11.2 Å². The van der Waals surface area contributed by atoms with Crippen molar-refractivity contribution in [2.75, 3.05) is 52.2 Å². The number of thiophene rings is 1. The Morgan fingerprint density at radius 2 is 2.16 bits per heavy atom.